The van der Waals surface area contributed by atoms with Crippen molar-refractivity contribution < 1.29 is 0 Å². The molecule has 23 heavy (non-hydrogen) atoms. The lowest BCUT2D eigenvalue weighted by molar-refractivity contribution is 0.762. The van der Waals surface area contributed by atoms with Crippen molar-refractivity contribution in [1.82, 2.24) is 34.4 Å². The van der Waals surface area contributed by atoms with Crippen LogP contribution in [-0.4, -0.2) is 34.4 Å². The minimum atomic E-state index is 0.326. The molecule has 118 valence electrons. The largest absolute Gasteiger partial charge is 0.376 e. The van der Waals surface area contributed by atoms with Gasteiger partial charge in [-0.15, -0.1) is 10.2 Å². The second-order valence-electron chi connectivity index (χ2n) is 5.67. The second kappa shape index (κ2) is 5.27. The van der Waals surface area contributed by atoms with E-state index in [2.05, 4.69) is 44.5 Å². The first kappa shape index (κ1) is 14.1. The molecule has 0 unspecified atom stereocenters. The van der Waals surface area contributed by atoms with Crippen LogP contribution >= 0.6 is 11.3 Å². The predicted molar refractivity (Wildman–Crippen MR) is 87.8 cm³/mol. The molecular weight excluding hydrogens is 312 g/mol. The smallest absolute Gasteiger partial charge is 0.212 e. The maximum absolute atomic E-state index is 4.57. The van der Waals surface area contributed by atoms with Crippen LogP contribution in [-0.2, 0) is 6.54 Å². The fraction of sp³-hybridized carbons (Fsp3) is 0.357. The summed E-state index contributed by atoms with van der Waals surface area (Å²) >= 11 is 1.58. The molecular formula is C14H16N8S. The second-order valence-corrected chi connectivity index (χ2v) is 6.83. The number of imidazole rings is 1. The molecule has 4 aromatic rings. The van der Waals surface area contributed by atoms with Gasteiger partial charge in [-0.1, -0.05) is 25.2 Å². The highest BCUT2D eigenvalue weighted by Gasteiger charge is 2.11. The first-order chi connectivity index (χ1) is 11.1. The molecule has 0 aliphatic heterocycles. The van der Waals surface area contributed by atoms with Gasteiger partial charge >= 0.3 is 0 Å². The number of aromatic nitrogens is 7. The Labute approximate surface area is 136 Å². The van der Waals surface area contributed by atoms with E-state index in [1.165, 1.54) is 0 Å². The lowest BCUT2D eigenvalue weighted by atomic mass is 10.1. The van der Waals surface area contributed by atoms with Crippen molar-refractivity contribution in [2.24, 2.45) is 0 Å². The van der Waals surface area contributed by atoms with Crippen LogP contribution in [0.1, 0.15) is 36.2 Å². The molecule has 0 fully saturated rings. The summed E-state index contributed by atoms with van der Waals surface area (Å²) < 4.78 is 3.52. The van der Waals surface area contributed by atoms with Crippen LogP contribution < -0.4 is 5.32 Å². The van der Waals surface area contributed by atoms with E-state index in [-0.39, 0.29) is 0 Å². The van der Waals surface area contributed by atoms with Crippen LogP contribution in [0.25, 0.3) is 10.6 Å². The van der Waals surface area contributed by atoms with E-state index >= 15 is 0 Å². The fourth-order valence-corrected chi connectivity index (χ4v) is 3.12. The van der Waals surface area contributed by atoms with E-state index in [1.54, 1.807) is 22.2 Å². The van der Waals surface area contributed by atoms with Crippen LogP contribution in [0.15, 0.2) is 18.6 Å². The number of rotatable bonds is 4. The summed E-state index contributed by atoms with van der Waals surface area (Å²) in [6.07, 6.45) is 3.56. The molecule has 4 heterocycles. The topological polar surface area (TPSA) is 85.3 Å². The van der Waals surface area contributed by atoms with Gasteiger partial charge < -0.3 is 5.32 Å². The zero-order valence-corrected chi connectivity index (χ0v) is 13.9. The monoisotopic (exact) mass is 328 g/mol. The molecule has 0 spiro atoms. The van der Waals surface area contributed by atoms with Gasteiger partial charge in [0.25, 0.3) is 0 Å². The van der Waals surface area contributed by atoms with Crippen LogP contribution in [0.2, 0.25) is 0 Å². The third-order valence-corrected chi connectivity index (χ3v) is 4.37. The number of anilines is 1. The quantitative estimate of drug-likeness (QED) is 0.618. The average Bonchev–Trinajstić information content (AvgIpc) is 3.17. The van der Waals surface area contributed by atoms with Crippen molar-refractivity contribution >= 4 is 27.6 Å². The molecule has 4 rings (SSSR count). The van der Waals surface area contributed by atoms with Gasteiger partial charge in [0.2, 0.25) is 10.6 Å². The summed E-state index contributed by atoms with van der Waals surface area (Å²) in [6, 6.07) is 2.02. The molecule has 0 saturated carbocycles. The Balaban J connectivity index is 1.63. The minimum Gasteiger partial charge on any atom is -0.376 e. The molecule has 1 N–H and O–H groups in total. The summed E-state index contributed by atoms with van der Waals surface area (Å²) in [4.78, 5) is 5.48. The van der Waals surface area contributed by atoms with Gasteiger partial charge in [-0.05, 0) is 18.9 Å². The average molecular weight is 328 g/mol. The summed E-state index contributed by atoms with van der Waals surface area (Å²) in [5.41, 5.74) is 3.54. The normalized spacial score (nSPS) is 11.8. The Morgan fingerprint density at radius 2 is 2.13 bits per heavy atom. The van der Waals surface area contributed by atoms with Gasteiger partial charge in [0.15, 0.2) is 0 Å². The Morgan fingerprint density at radius 1 is 1.26 bits per heavy atom. The number of aryl methyl sites for hydroxylation is 1. The molecule has 0 aliphatic carbocycles. The zero-order valence-electron chi connectivity index (χ0n) is 13.1. The van der Waals surface area contributed by atoms with Crippen molar-refractivity contribution in [2.45, 2.75) is 33.2 Å². The first-order valence-corrected chi connectivity index (χ1v) is 8.18. The number of hydrogen-bond donors (Lipinski definition) is 1. The van der Waals surface area contributed by atoms with Crippen molar-refractivity contribution in [3.05, 3.63) is 35.0 Å². The number of nitrogens with zero attached hydrogens (tertiary/aromatic N) is 7. The summed E-state index contributed by atoms with van der Waals surface area (Å²) in [7, 11) is 0. The molecule has 0 atom stereocenters. The third-order valence-electron chi connectivity index (χ3n) is 3.53. The summed E-state index contributed by atoms with van der Waals surface area (Å²) in [5.74, 6) is 0.326. The van der Waals surface area contributed by atoms with Crippen LogP contribution in [0.3, 0.4) is 0 Å². The van der Waals surface area contributed by atoms with Gasteiger partial charge in [0, 0.05) is 0 Å². The zero-order chi connectivity index (χ0) is 16.0. The van der Waals surface area contributed by atoms with E-state index in [1.807, 2.05) is 23.7 Å². The number of fused-ring (bicyclic) bond motifs is 2. The Kier molecular flexibility index (Phi) is 3.22. The van der Waals surface area contributed by atoms with E-state index < -0.39 is 0 Å². The lowest BCUT2D eigenvalue weighted by Crippen LogP contribution is -2.06. The van der Waals surface area contributed by atoms with Crippen molar-refractivity contribution in [3.63, 3.8) is 0 Å². The van der Waals surface area contributed by atoms with E-state index in [9.17, 15) is 0 Å². The van der Waals surface area contributed by atoms with Crippen molar-refractivity contribution in [2.75, 3.05) is 5.32 Å². The Morgan fingerprint density at radius 3 is 2.91 bits per heavy atom. The molecule has 0 saturated heterocycles. The molecule has 0 amide bonds. The first-order valence-electron chi connectivity index (χ1n) is 7.36. The molecule has 0 radical (unpaired) electrons. The highest BCUT2D eigenvalue weighted by molar-refractivity contribution is 7.16. The molecule has 0 aliphatic rings. The summed E-state index contributed by atoms with van der Waals surface area (Å²) in [5, 5.41) is 21.3. The van der Waals surface area contributed by atoms with Gasteiger partial charge in [0.1, 0.15) is 11.3 Å². The number of hydrogen-bond acceptors (Lipinski definition) is 7. The van der Waals surface area contributed by atoms with E-state index in [4.69, 9.17) is 0 Å². The standard InChI is InChI=1S/C14H16N8S/c1-8(2)11-4-12(13-18-16-7-22(13)20-11)15-5-10-6-21-14(17-10)23-9(3)19-21/h4,6-8,15H,5H2,1-3H3. The van der Waals surface area contributed by atoms with Gasteiger partial charge in [0.05, 0.1) is 29.8 Å². The van der Waals surface area contributed by atoms with Gasteiger partial charge in [-0.3, -0.25) is 0 Å². The molecule has 4 aromatic heterocycles. The SMILES string of the molecule is Cc1nn2cc(CNc3cc(C(C)C)nn4cnnc34)nc2s1. The maximum Gasteiger partial charge on any atom is 0.212 e. The third kappa shape index (κ3) is 2.52. The number of nitrogens with one attached hydrogen (secondary N) is 1. The van der Waals surface area contributed by atoms with Gasteiger partial charge in [-0.25, -0.2) is 9.50 Å². The van der Waals surface area contributed by atoms with Crippen LogP contribution in [0.5, 0.6) is 0 Å². The van der Waals surface area contributed by atoms with Crippen LogP contribution in [0, 0.1) is 6.92 Å². The summed E-state index contributed by atoms with van der Waals surface area (Å²) in [6.45, 7) is 6.79. The highest BCUT2D eigenvalue weighted by atomic mass is 32.1. The van der Waals surface area contributed by atoms with Gasteiger partial charge in [-0.2, -0.15) is 14.7 Å². The Bertz CT molecular complexity index is 948. The molecule has 8 nitrogen and oxygen atoms in total. The van der Waals surface area contributed by atoms with E-state index in [0.717, 1.165) is 27.0 Å². The molecule has 0 aromatic carbocycles. The lowest BCUT2D eigenvalue weighted by Gasteiger charge is -2.10. The van der Waals surface area contributed by atoms with E-state index in [0.29, 0.717) is 18.1 Å². The maximum atomic E-state index is 4.57. The fourth-order valence-electron chi connectivity index (χ4n) is 2.37. The Hall–Kier alpha value is -2.55. The molecule has 9 heteroatoms. The van der Waals surface area contributed by atoms with Crippen molar-refractivity contribution in [1.29, 1.82) is 0 Å². The highest BCUT2D eigenvalue weighted by Crippen LogP contribution is 2.21. The van der Waals surface area contributed by atoms with Crippen molar-refractivity contribution in [3.8, 4) is 0 Å². The minimum absolute atomic E-state index is 0.326. The van der Waals surface area contributed by atoms with Crippen LogP contribution in [0.4, 0.5) is 5.69 Å². The molecule has 0 bridgehead atoms. The predicted octanol–water partition coefficient (Wildman–Crippen LogP) is 2.27.